The van der Waals surface area contributed by atoms with Gasteiger partial charge in [-0.15, -0.1) is 0 Å². The summed E-state index contributed by atoms with van der Waals surface area (Å²) in [5, 5.41) is 2.44. The summed E-state index contributed by atoms with van der Waals surface area (Å²) in [5.41, 5.74) is 0.136. The van der Waals surface area contributed by atoms with Crippen molar-refractivity contribution in [2.45, 2.75) is 6.92 Å². The molecule has 0 spiro atoms. The zero-order valence-electron chi connectivity index (χ0n) is 13.5. The maximum absolute atomic E-state index is 13.6. The molecule has 0 saturated carbocycles. The summed E-state index contributed by atoms with van der Waals surface area (Å²) in [4.78, 5) is 12.1. The number of benzene rings is 2. The van der Waals surface area contributed by atoms with Gasteiger partial charge in [-0.3, -0.25) is 9.52 Å². The van der Waals surface area contributed by atoms with E-state index in [0.29, 0.717) is 6.07 Å². The molecule has 2 N–H and O–H groups in total. The second-order valence-corrected chi connectivity index (χ2v) is 7.01. The first kappa shape index (κ1) is 18.7. The van der Waals surface area contributed by atoms with Crippen LogP contribution in [-0.4, -0.2) is 27.2 Å². The quantitative estimate of drug-likeness (QED) is 0.819. The highest BCUT2D eigenvalue weighted by molar-refractivity contribution is 7.92. The number of amides is 1. The summed E-state index contributed by atoms with van der Waals surface area (Å²) in [6.45, 7) is 1.49. The third-order valence-electron chi connectivity index (χ3n) is 3.28. The van der Waals surface area contributed by atoms with Crippen molar-refractivity contribution in [3.63, 3.8) is 0 Å². The van der Waals surface area contributed by atoms with E-state index in [1.54, 1.807) is 0 Å². The Morgan fingerprint density at radius 3 is 2.48 bits per heavy atom. The van der Waals surface area contributed by atoms with Crippen molar-refractivity contribution in [3.8, 4) is 5.75 Å². The fourth-order valence-electron chi connectivity index (χ4n) is 1.97. The largest absolute Gasteiger partial charge is 0.494 e. The van der Waals surface area contributed by atoms with Crippen LogP contribution in [0.4, 0.5) is 20.2 Å². The Morgan fingerprint density at radius 1 is 1.16 bits per heavy atom. The molecule has 25 heavy (non-hydrogen) atoms. The Labute approximate surface area is 143 Å². The van der Waals surface area contributed by atoms with Gasteiger partial charge in [0.1, 0.15) is 17.4 Å². The molecule has 9 heteroatoms. The van der Waals surface area contributed by atoms with E-state index >= 15 is 0 Å². The number of carbonyl (C=O) groups is 1. The summed E-state index contributed by atoms with van der Waals surface area (Å²) in [5.74, 6) is -2.49. The molecule has 0 atom stereocenters. The molecular formula is C16H16F2N2O4S. The van der Waals surface area contributed by atoms with Crippen LogP contribution >= 0.6 is 0 Å². The summed E-state index contributed by atoms with van der Waals surface area (Å²) >= 11 is 0. The van der Waals surface area contributed by atoms with Crippen LogP contribution in [-0.2, 0) is 10.0 Å². The van der Waals surface area contributed by atoms with Gasteiger partial charge in [-0.05, 0) is 31.2 Å². The first-order valence-corrected chi connectivity index (χ1v) is 8.86. The lowest BCUT2D eigenvalue weighted by Crippen LogP contribution is -2.16. The topological polar surface area (TPSA) is 84.5 Å². The number of ether oxygens (including phenoxy) is 1. The van der Waals surface area contributed by atoms with Crippen LogP contribution in [0.5, 0.6) is 5.75 Å². The van der Waals surface area contributed by atoms with Crippen LogP contribution in [0, 0.1) is 11.6 Å². The van der Waals surface area contributed by atoms with Crippen LogP contribution in [0.25, 0.3) is 0 Å². The standard InChI is InChI=1S/C16H16F2N2O4S/c1-3-25(22,23)20-14-7-5-11(9-15(14)24-2)19-16(21)12-6-4-10(17)8-13(12)18/h4-9,20H,3H2,1-2H3,(H,19,21). The zero-order valence-corrected chi connectivity index (χ0v) is 14.3. The van der Waals surface area contributed by atoms with Crippen molar-refractivity contribution >= 4 is 27.3 Å². The van der Waals surface area contributed by atoms with Gasteiger partial charge in [-0.25, -0.2) is 17.2 Å². The molecule has 6 nitrogen and oxygen atoms in total. The van der Waals surface area contributed by atoms with Gasteiger partial charge in [0.05, 0.1) is 24.1 Å². The van der Waals surface area contributed by atoms with Gasteiger partial charge >= 0.3 is 0 Å². The van der Waals surface area contributed by atoms with Crippen molar-refractivity contribution < 1.29 is 26.7 Å². The Balaban J connectivity index is 2.24. The molecule has 0 radical (unpaired) electrons. The molecule has 0 unspecified atom stereocenters. The zero-order chi connectivity index (χ0) is 18.6. The van der Waals surface area contributed by atoms with E-state index in [1.807, 2.05) is 0 Å². The van der Waals surface area contributed by atoms with E-state index in [9.17, 15) is 22.0 Å². The Bertz CT molecular complexity index is 901. The molecule has 0 saturated heterocycles. The molecule has 0 aliphatic rings. The van der Waals surface area contributed by atoms with E-state index in [2.05, 4.69) is 10.0 Å². The lowest BCUT2D eigenvalue weighted by Gasteiger charge is -2.13. The van der Waals surface area contributed by atoms with Crippen molar-refractivity contribution in [3.05, 3.63) is 53.6 Å². The van der Waals surface area contributed by atoms with Gasteiger partial charge in [-0.2, -0.15) is 0 Å². The second kappa shape index (κ2) is 7.47. The minimum absolute atomic E-state index is 0.113. The van der Waals surface area contributed by atoms with E-state index in [1.165, 1.54) is 32.2 Å². The average Bonchev–Trinajstić information content (AvgIpc) is 2.55. The summed E-state index contributed by atoms with van der Waals surface area (Å²) in [6.07, 6.45) is 0. The number of anilines is 2. The van der Waals surface area contributed by atoms with Gasteiger partial charge < -0.3 is 10.1 Å². The van der Waals surface area contributed by atoms with Crippen LogP contribution in [0.2, 0.25) is 0 Å². The fraction of sp³-hybridized carbons (Fsp3) is 0.188. The van der Waals surface area contributed by atoms with Crippen molar-refractivity contribution in [1.29, 1.82) is 0 Å². The minimum atomic E-state index is -3.50. The van der Waals surface area contributed by atoms with E-state index in [0.717, 1.165) is 12.1 Å². The maximum Gasteiger partial charge on any atom is 0.258 e. The SMILES string of the molecule is CCS(=O)(=O)Nc1ccc(NC(=O)c2ccc(F)cc2F)cc1OC. The fourth-order valence-corrected chi connectivity index (χ4v) is 2.61. The summed E-state index contributed by atoms with van der Waals surface area (Å²) in [7, 11) is -2.16. The highest BCUT2D eigenvalue weighted by atomic mass is 32.2. The molecule has 0 bridgehead atoms. The Morgan fingerprint density at radius 2 is 1.88 bits per heavy atom. The van der Waals surface area contributed by atoms with Crippen LogP contribution in [0.1, 0.15) is 17.3 Å². The number of rotatable bonds is 6. The number of nitrogens with one attached hydrogen (secondary N) is 2. The lowest BCUT2D eigenvalue weighted by molar-refractivity contribution is 0.102. The van der Waals surface area contributed by atoms with Crippen LogP contribution in [0.15, 0.2) is 36.4 Å². The number of hydrogen-bond donors (Lipinski definition) is 2. The molecule has 1 amide bonds. The predicted octanol–water partition coefficient (Wildman–Crippen LogP) is 2.99. The van der Waals surface area contributed by atoms with Crippen molar-refractivity contribution in [2.24, 2.45) is 0 Å². The summed E-state index contributed by atoms with van der Waals surface area (Å²) < 4.78 is 57.3. The van der Waals surface area contributed by atoms with Gasteiger partial charge in [-0.1, -0.05) is 0 Å². The van der Waals surface area contributed by atoms with E-state index in [-0.39, 0.29) is 28.4 Å². The van der Waals surface area contributed by atoms with Crippen LogP contribution in [0.3, 0.4) is 0 Å². The smallest absolute Gasteiger partial charge is 0.258 e. The van der Waals surface area contributed by atoms with Gasteiger partial charge in [0.2, 0.25) is 10.0 Å². The van der Waals surface area contributed by atoms with Crippen LogP contribution < -0.4 is 14.8 Å². The Kier molecular flexibility index (Phi) is 5.58. The Hall–Kier alpha value is -2.68. The highest BCUT2D eigenvalue weighted by Gasteiger charge is 2.15. The van der Waals surface area contributed by atoms with E-state index in [4.69, 9.17) is 4.74 Å². The highest BCUT2D eigenvalue weighted by Crippen LogP contribution is 2.29. The number of hydrogen-bond acceptors (Lipinski definition) is 4. The third-order valence-corrected chi connectivity index (χ3v) is 4.57. The number of sulfonamides is 1. The number of halogens is 2. The molecule has 0 heterocycles. The predicted molar refractivity (Wildman–Crippen MR) is 90.4 cm³/mol. The summed E-state index contributed by atoms with van der Waals surface area (Å²) in [6, 6.07) is 6.82. The van der Waals surface area contributed by atoms with Gasteiger partial charge in [0, 0.05) is 17.8 Å². The molecule has 0 aromatic heterocycles. The number of methoxy groups -OCH3 is 1. The number of carbonyl (C=O) groups excluding carboxylic acids is 1. The molecule has 0 aliphatic carbocycles. The lowest BCUT2D eigenvalue weighted by atomic mass is 10.2. The first-order chi connectivity index (χ1) is 11.8. The normalized spacial score (nSPS) is 11.0. The molecule has 2 aromatic carbocycles. The van der Waals surface area contributed by atoms with Crippen molar-refractivity contribution in [2.75, 3.05) is 22.9 Å². The second-order valence-electron chi connectivity index (χ2n) is 5.00. The first-order valence-electron chi connectivity index (χ1n) is 7.20. The molecular weight excluding hydrogens is 354 g/mol. The average molecular weight is 370 g/mol. The molecule has 134 valence electrons. The maximum atomic E-state index is 13.6. The molecule has 2 aromatic rings. The van der Waals surface area contributed by atoms with E-state index < -0.39 is 27.6 Å². The molecule has 0 fully saturated rings. The van der Waals surface area contributed by atoms with Gasteiger partial charge in [0.25, 0.3) is 5.91 Å². The van der Waals surface area contributed by atoms with Crippen molar-refractivity contribution in [1.82, 2.24) is 0 Å². The van der Waals surface area contributed by atoms with Gasteiger partial charge in [0.15, 0.2) is 0 Å². The molecule has 2 rings (SSSR count). The molecule has 0 aliphatic heterocycles. The third kappa shape index (κ3) is 4.66. The monoisotopic (exact) mass is 370 g/mol. The minimum Gasteiger partial charge on any atom is -0.494 e.